The average Bonchev–Trinajstić information content (AvgIpc) is 2.86. The molecule has 0 aromatic heterocycles. The first-order chi connectivity index (χ1) is 18.0. The third-order valence-corrected chi connectivity index (χ3v) is 7.86. The summed E-state index contributed by atoms with van der Waals surface area (Å²) < 4.78 is 32.1. The van der Waals surface area contributed by atoms with Crippen LogP contribution in [0.3, 0.4) is 0 Å². The summed E-state index contributed by atoms with van der Waals surface area (Å²) in [5.74, 6) is -0.150. The van der Waals surface area contributed by atoms with Gasteiger partial charge in [0.1, 0.15) is 11.8 Å². The standard InChI is InChI=1S/C27H37Cl2N3O5S/c1-5-7-17-30-27(34)20(3)31(19-21-22(28)12-10-13-23(21)29)26(33)16-11-18-32(38(4,35)36)24-14-8-9-15-25(24)37-6-2/h8-10,12-15,20H,5-7,11,16-19H2,1-4H3,(H,30,34). The van der Waals surface area contributed by atoms with E-state index in [2.05, 4.69) is 5.32 Å². The lowest BCUT2D eigenvalue weighted by molar-refractivity contribution is -0.140. The highest BCUT2D eigenvalue weighted by Crippen LogP contribution is 2.31. The molecule has 0 saturated carbocycles. The van der Waals surface area contributed by atoms with Crippen molar-refractivity contribution in [1.82, 2.24) is 10.2 Å². The van der Waals surface area contributed by atoms with Crippen LogP contribution in [0.5, 0.6) is 5.75 Å². The maximum absolute atomic E-state index is 13.5. The molecule has 2 rings (SSSR count). The van der Waals surface area contributed by atoms with Crippen LogP contribution in [0.4, 0.5) is 5.69 Å². The number of para-hydroxylation sites is 2. The van der Waals surface area contributed by atoms with Crippen molar-refractivity contribution in [3.8, 4) is 5.75 Å². The number of nitrogens with zero attached hydrogens (tertiary/aromatic N) is 2. The summed E-state index contributed by atoms with van der Waals surface area (Å²) in [5.41, 5.74) is 0.952. The van der Waals surface area contributed by atoms with Gasteiger partial charge < -0.3 is 15.0 Å². The van der Waals surface area contributed by atoms with Crippen LogP contribution in [0.15, 0.2) is 42.5 Å². The number of anilines is 1. The third kappa shape index (κ3) is 9.06. The fourth-order valence-electron chi connectivity index (χ4n) is 3.90. The first-order valence-electron chi connectivity index (χ1n) is 12.7. The number of carbonyl (C=O) groups is 2. The molecule has 1 N–H and O–H groups in total. The number of unbranched alkanes of at least 4 members (excludes halogenated alkanes) is 1. The minimum absolute atomic E-state index is 0.0114. The zero-order chi connectivity index (χ0) is 28.3. The Hall–Kier alpha value is -2.49. The molecule has 0 aliphatic rings. The second-order valence-corrected chi connectivity index (χ2v) is 11.6. The van der Waals surface area contributed by atoms with Crippen molar-refractivity contribution >= 4 is 50.7 Å². The summed E-state index contributed by atoms with van der Waals surface area (Å²) in [4.78, 5) is 27.7. The molecule has 1 unspecified atom stereocenters. The van der Waals surface area contributed by atoms with E-state index in [1.165, 1.54) is 9.21 Å². The maximum Gasteiger partial charge on any atom is 0.242 e. The minimum Gasteiger partial charge on any atom is -0.492 e. The Kier molecular flexibility index (Phi) is 12.7. The Morgan fingerprint density at radius 3 is 2.29 bits per heavy atom. The van der Waals surface area contributed by atoms with E-state index in [0.29, 0.717) is 40.2 Å². The SMILES string of the molecule is CCCCNC(=O)C(C)N(Cc1c(Cl)cccc1Cl)C(=O)CCCN(c1ccccc1OCC)S(C)(=O)=O. The van der Waals surface area contributed by atoms with Gasteiger partial charge in [0.25, 0.3) is 0 Å². The lowest BCUT2D eigenvalue weighted by Crippen LogP contribution is -2.48. The van der Waals surface area contributed by atoms with Crippen molar-refractivity contribution < 1.29 is 22.7 Å². The van der Waals surface area contributed by atoms with Crippen LogP contribution in [0.2, 0.25) is 10.0 Å². The van der Waals surface area contributed by atoms with Crippen LogP contribution in [-0.4, -0.2) is 57.1 Å². The molecule has 1 atom stereocenters. The Morgan fingerprint density at radius 2 is 1.68 bits per heavy atom. The molecule has 0 saturated heterocycles. The van der Waals surface area contributed by atoms with Crippen molar-refractivity contribution in [1.29, 1.82) is 0 Å². The predicted octanol–water partition coefficient (Wildman–Crippen LogP) is 5.27. The fourth-order valence-corrected chi connectivity index (χ4v) is 5.38. The van der Waals surface area contributed by atoms with Gasteiger partial charge in [0.2, 0.25) is 21.8 Å². The Bertz CT molecular complexity index is 1170. The molecule has 210 valence electrons. The van der Waals surface area contributed by atoms with Crippen LogP contribution >= 0.6 is 23.2 Å². The second kappa shape index (κ2) is 15.2. The van der Waals surface area contributed by atoms with Gasteiger partial charge in [-0.1, -0.05) is 54.7 Å². The molecular weight excluding hydrogens is 549 g/mol. The van der Waals surface area contributed by atoms with Gasteiger partial charge in [-0.15, -0.1) is 0 Å². The number of sulfonamides is 1. The van der Waals surface area contributed by atoms with Gasteiger partial charge in [-0.3, -0.25) is 13.9 Å². The number of ether oxygens (including phenoxy) is 1. The molecule has 0 bridgehead atoms. The molecule has 0 spiro atoms. The fraction of sp³-hybridized carbons (Fsp3) is 0.481. The molecule has 0 fully saturated rings. The summed E-state index contributed by atoms with van der Waals surface area (Å²) in [6.07, 6.45) is 3.11. The van der Waals surface area contributed by atoms with E-state index in [1.807, 2.05) is 13.8 Å². The lowest BCUT2D eigenvalue weighted by Gasteiger charge is -2.30. The molecule has 0 heterocycles. The molecule has 38 heavy (non-hydrogen) atoms. The zero-order valence-electron chi connectivity index (χ0n) is 22.4. The van der Waals surface area contributed by atoms with Crippen LogP contribution in [0, 0.1) is 0 Å². The molecular formula is C27H37Cl2N3O5S. The van der Waals surface area contributed by atoms with Crippen LogP contribution in [-0.2, 0) is 26.2 Å². The lowest BCUT2D eigenvalue weighted by atomic mass is 10.1. The van der Waals surface area contributed by atoms with Crippen molar-refractivity contribution in [2.24, 2.45) is 0 Å². The van der Waals surface area contributed by atoms with Gasteiger partial charge in [0.05, 0.1) is 18.6 Å². The van der Waals surface area contributed by atoms with Gasteiger partial charge >= 0.3 is 0 Å². The number of carbonyl (C=O) groups excluding carboxylic acids is 2. The average molecular weight is 587 g/mol. The summed E-state index contributed by atoms with van der Waals surface area (Å²) in [6, 6.07) is 11.2. The topological polar surface area (TPSA) is 96.0 Å². The molecule has 0 aliphatic carbocycles. The molecule has 8 nitrogen and oxygen atoms in total. The van der Waals surface area contributed by atoms with Gasteiger partial charge in [0, 0.05) is 41.7 Å². The van der Waals surface area contributed by atoms with E-state index in [1.54, 1.807) is 49.4 Å². The minimum atomic E-state index is -3.65. The van der Waals surface area contributed by atoms with Crippen molar-refractivity contribution in [3.63, 3.8) is 0 Å². The van der Waals surface area contributed by atoms with E-state index < -0.39 is 16.1 Å². The van der Waals surface area contributed by atoms with E-state index >= 15 is 0 Å². The Morgan fingerprint density at radius 1 is 1.03 bits per heavy atom. The first kappa shape index (κ1) is 31.7. The smallest absolute Gasteiger partial charge is 0.242 e. The number of hydrogen-bond acceptors (Lipinski definition) is 5. The predicted molar refractivity (Wildman–Crippen MR) is 153 cm³/mol. The molecule has 2 aromatic carbocycles. The van der Waals surface area contributed by atoms with Crippen molar-refractivity contribution in [3.05, 3.63) is 58.1 Å². The van der Waals surface area contributed by atoms with E-state index in [4.69, 9.17) is 27.9 Å². The molecule has 11 heteroatoms. The largest absolute Gasteiger partial charge is 0.492 e. The van der Waals surface area contributed by atoms with Gasteiger partial charge in [-0.05, 0) is 51.0 Å². The number of halogens is 2. The summed E-state index contributed by atoms with van der Waals surface area (Å²) in [7, 11) is -3.65. The highest BCUT2D eigenvalue weighted by atomic mass is 35.5. The van der Waals surface area contributed by atoms with E-state index in [9.17, 15) is 18.0 Å². The number of amides is 2. The monoisotopic (exact) mass is 585 g/mol. The van der Waals surface area contributed by atoms with E-state index in [0.717, 1.165) is 19.1 Å². The summed E-state index contributed by atoms with van der Waals surface area (Å²) in [6.45, 7) is 6.50. The highest BCUT2D eigenvalue weighted by molar-refractivity contribution is 7.92. The van der Waals surface area contributed by atoms with Gasteiger partial charge in [0.15, 0.2) is 0 Å². The Labute approximate surface area is 236 Å². The maximum atomic E-state index is 13.5. The van der Waals surface area contributed by atoms with Gasteiger partial charge in [-0.2, -0.15) is 0 Å². The molecule has 2 aromatic rings. The van der Waals surface area contributed by atoms with Crippen LogP contribution in [0.25, 0.3) is 0 Å². The van der Waals surface area contributed by atoms with Crippen molar-refractivity contribution in [2.45, 2.75) is 59.0 Å². The van der Waals surface area contributed by atoms with Gasteiger partial charge in [-0.25, -0.2) is 8.42 Å². The quantitative estimate of drug-likeness (QED) is 0.287. The van der Waals surface area contributed by atoms with Crippen molar-refractivity contribution in [2.75, 3.05) is 30.3 Å². The summed E-state index contributed by atoms with van der Waals surface area (Å²) in [5, 5.41) is 3.65. The van der Waals surface area contributed by atoms with E-state index in [-0.39, 0.29) is 37.7 Å². The number of benzene rings is 2. The summed E-state index contributed by atoms with van der Waals surface area (Å²) >= 11 is 12.7. The first-order valence-corrected chi connectivity index (χ1v) is 15.3. The Balaban J connectivity index is 2.24. The normalized spacial score (nSPS) is 12.1. The second-order valence-electron chi connectivity index (χ2n) is 8.88. The number of rotatable bonds is 15. The molecule has 0 aliphatic heterocycles. The molecule has 2 amide bonds. The molecule has 0 radical (unpaired) electrons. The van der Waals surface area contributed by atoms with Crippen LogP contribution < -0.4 is 14.4 Å². The van der Waals surface area contributed by atoms with Crippen LogP contribution in [0.1, 0.15) is 52.0 Å². The zero-order valence-corrected chi connectivity index (χ0v) is 24.7. The number of nitrogens with one attached hydrogen (secondary N) is 1. The highest BCUT2D eigenvalue weighted by Gasteiger charge is 2.28. The number of hydrogen-bond donors (Lipinski definition) is 1. The third-order valence-electron chi connectivity index (χ3n) is 5.97.